The van der Waals surface area contributed by atoms with Crippen molar-refractivity contribution in [2.75, 3.05) is 12.9 Å². The number of esters is 2. The maximum Gasteiger partial charge on any atom is 0.316 e. The van der Waals surface area contributed by atoms with Gasteiger partial charge in [0, 0.05) is 23.7 Å². The van der Waals surface area contributed by atoms with Gasteiger partial charge in [-0.05, 0) is 51.7 Å². The molecular weight excluding hydrogens is 452 g/mol. The van der Waals surface area contributed by atoms with Crippen LogP contribution < -0.4 is 0 Å². The quantitative estimate of drug-likeness (QED) is 0.168. The fourth-order valence-corrected chi connectivity index (χ4v) is 5.05. The minimum absolute atomic E-state index is 0.196. The molecule has 0 fully saturated rings. The van der Waals surface area contributed by atoms with Crippen molar-refractivity contribution in [1.82, 2.24) is 0 Å². The molecule has 0 aromatic carbocycles. The first kappa shape index (κ1) is 30.7. The number of carbonyl (C=O) groups excluding carboxylic acids is 2. The highest BCUT2D eigenvalue weighted by atomic mass is 32.2. The summed E-state index contributed by atoms with van der Waals surface area (Å²) in [7, 11) is 1.40. The first-order valence-corrected chi connectivity index (χ1v) is 13.7. The summed E-state index contributed by atoms with van der Waals surface area (Å²) in [6.07, 6.45) is 9.75. The molecule has 4 atom stereocenters. The number of aliphatic hydroxyl groups is 2. The molecule has 1 aliphatic rings. The summed E-state index contributed by atoms with van der Waals surface area (Å²) in [5, 5.41) is 21.2. The SMILES string of the molecule is CCCC[C@@H](C)C[C@H](O)C=C[C@@H]1C(SCCCCCC(=O)OC)=C(OC(=O)C(C)(C)C)C[C@H]1O. The molecule has 0 unspecified atom stereocenters. The third-order valence-corrected chi connectivity index (χ3v) is 7.26. The molecular formula is C27H46O6S. The van der Waals surface area contributed by atoms with Crippen LogP contribution in [0.4, 0.5) is 0 Å². The lowest BCUT2D eigenvalue weighted by Crippen LogP contribution is -2.22. The monoisotopic (exact) mass is 498 g/mol. The lowest BCUT2D eigenvalue weighted by molar-refractivity contribution is -0.148. The third-order valence-electron chi connectivity index (χ3n) is 5.96. The van der Waals surface area contributed by atoms with E-state index in [2.05, 4.69) is 18.6 Å². The first-order chi connectivity index (χ1) is 16.0. The lowest BCUT2D eigenvalue weighted by atomic mass is 9.96. The Morgan fingerprint density at radius 3 is 2.53 bits per heavy atom. The Morgan fingerprint density at radius 2 is 1.91 bits per heavy atom. The fourth-order valence-electron chi connectivity index (χ4n) is 3.77. The van der Waals surface area contributed by atoms with E-state index in [1.165, 1.54) is 7.11 Å². The predicted molar refractivity (Wildman–Crippen MR) is 138 cm³/mol. The molecule has 0 amide bonds. The zero-order valence-electron chi connectivity index (χ0n) is 22.0. The molecule has 0 saturated heterocycles. The van der Waals surface area contributed by atoms with Crippen LogP contribution in [0.1, 0.15) is 92.4 Å². The standard InChI is InChI=1S/C27H46O6S/c1-7-8-12-19(2)17-20(28)14-15-21-22(29)18-23(33-26(31)27(3,4)5)25(21)34-16-11-9-10-13-24(30)32-6/h14-15,19-22,28-29H,7-13,16-18H2,1-6H3/t19-,20-,21+,22-/m1/s1. The number of carbonyl (C=O) groups is 2. The topological polar surface area (TPSA) is 93.1 Å². The molecule has 1 rings (SSSR count). The van der Waals surface area contributed by atoms with Crippen molar-refractivity contribution < 1.29 is 29.3 Å². The minimum Gasteiger partial charge on any atom is -0.469 e. The van der Waals surface area contributed by atoms with Crippen molar-refractivity contribution >= 4 is 23.7 Å². The summed E-state index contributed by atoms with van der Waals surface area (Å²) < 4.78 is 10.4. The van der Waals surface area contributed by atoms with E-state index in [1.54, 1.807) is 17.8 Å². The summed E-state index contributed by atoms with van der Waals surface area (Å²) in [5.41, 5.74) is -0.639. The number of thioether (sulfide) groups is 1. The Labute approximate surface area is 210 Å². The van der Waals surface area contributed by atoms with Crippen LogP contribution in [0.25, 0.3) is 0 Å². The highest BCUT2D eigenvalue weighted by molar-refractivity contribution is 8.03. The predicted octanol–water partition coefficient (Wildman–Crippen LogP) is 5.77. The average Bonchev–Trinajstić information content (AvgIpc) is 3.05. The largest absolute Gasteiger partial charge is 0.469 e. The Kier molecular flexibility index (Phi) is 14.1. The molecule has 0 aliphatic heterocycles. The highest BCUT2D eigenvalue weighted by Crippen LogP contribution is 2.42. The van der Waals surface area contributed by atoms with Gasteiger partial charge in [0.05, 0.1) is 24.7 Å². The zero-order valence-corrected chi connectivity index (χ0v) is 22.8. The maximum atomic E-state index is 12.5. The second kappa shape index (κ2) is 15.6. The number of ether oxygens (including phenoxy) is 2. The Bertz CT molecular complexity index is 694. The van der Waals surface area contributed by atoms with E-state index >= 15 is 0 Å². The molecule has 2 N–H and O–H groups in total. The Morgan fingerprint density at radius 1 is 1.21 bits per heavy atom. The summed E-state index contributed by atoms with van der Waals surface area (Å²) in [6.45, 7) is 9.75. The lowest BCUT2D eigenvalue weighted by Gasteiger charge is -2.18. The molecule has 0 aromatic rings. The second-order valence-electron chi connectivity index (χ2n) is 10.4. The van der Waals surface area contributed by atoms with Gasteiger partial charge in [-0.25, -0.2) is 0 Å². The van der Waals surface area contributed by atoms with Gasteiger partial charge in [0.2, 0.25) is 0 Å². The second-order valence-corrected chi connectivity index (χ2v) is 11.5. The highest BCUT2D eigenvalue weighted by Gasteiger charge is 2.36. The summed E-state index contributed by atoms with van der Waals surface area (Å²) in [4.78, 5) is 24.6. The number of aliphatic hydroxyl groups excluding tert-OH is 2. The van der Waals surface area contributed by atoms with Gasteiger partial charge >= 0.3 is 11.9 Å². The van der Waals surface area contributed by atoms with Crippen molar-refractivity contribution in [2.24, 2.45) is 17.3 Å². The number of methoxy groups -OCH3 is 1. The number of hydrogen-bond donors (Lipinski definition) is 2. The molecule has 0 heterocycles. The summed E-state index contributed by atoms with van der Waals surface area (Å²) in [5.74, 6) is 0.946. The molecule has 0 spiro atoms. The molecule has 0 aromatic heterocycles. The third kappa shape index (κ3) is 11.4. The van der Waals surface area contributed by atoms with Crippen molar-refractivity contribution in [1.29, 1.82) is 0 Å². The van der Waals surface area contributed by atoms with Crippen molar-refractivity contribution in [3.63, 3.8) is 0 Å². The van der Waals surface area contributed by atoms with Crippen LogP contribution in [0.5, 0.6) is 0 Å². The van der Waals surface area contributed by atoms with Crippen LogP contribution in [-0.2, 0) is 19.1 Å². The van der Waals surface area contributed by atoms with Crippen molar-refractivity contribution in [3.8, 4) is 0 Å². The first-order valence-electron chi connectivity index (χ1n) is 12.7. The van der Waals surface area contributed by atoms with E-state index in [1.807, 2.05) is 26.8 Å². The molecule has 7 heteroatoms. The zero-order chi connectivity index (χ0) is 25.7. The van der Waals surface area contributed by atoms with Gasteiger partial charge < -0.3 is 19.7 Å². The van der Waals surface area contributed by atoms with E-state index in [0.717, 1.165) is 49.2 Å². The molecule has 1 aliphatic carbocycles. The van der Waals surface area contributed by atoms with Gasteiger partial charge in [-0.3, -0.25) is 9.59 Å². The van der Waals surface area contributed by atoms with Gasteiger partial charge in [0.25, 0.3) is 0 Å². The van der Waals surface area contributed by atoms with Crippen LogP contribution in [0.3, 0.4) is 0 Å². The number of unbranched alkanes of at least 4 members (excludes halogenated alkanes) is 3. The molecule has 0 bridgehead atoms. The molecule has 0 radical (unpaired) electrons. The van der Waals surface area contributed by atoms with E-state index < -0.39 is 17.6 Å². The normalized spacial score (nSPS) is 20.6. The van der Waals surface area contributed by atoms with Gasteiger partial charge in [0.1, 0.15) is 5.76 Å². The van der Waals surface area contributed by atoms with Gasteiger partial charge in [-0.15, -0.1) is 11.8 Å². The van der Waals surface area contributed by atoms with Gasteiger partial charge in [-0.1, -0.05) is 51.7 Å². The van der Waals surface area contributed by atoms with Crippen LogP contribution in [0, 0.1) is 17.3 Å². The van der Waals surface area contributed by atoms with Crippen LogP contribution in [0.2, 0.25) is 0 Å². The average molecular weight is 499 g/mol. The van der Waals surface area contributed by atoms with Crippen molar-refractivity contribution in [3.05, 3.63) is 22.8 Å². The summed E-state index contributed by atoms with van der Waals surface area (Å²) in [6, 6.07) is 0. The number of rotatable bonds is 15. The minimum atomic E-state index is -0.689. The van der Waals surface area contributed by atoms with E-state index in [4.69, 9.17) is 4.74 Å². The molecule has 196 valence electrons. The summed E-state index contributed by atoms with van der Waals surface area (Å²) >= 11 is 1.59. The molecule has 34 heavy (non-hydrogen) atoms. The van der Waals surface area contributed by atoms with E-state index in [-0.39, 0.29) is 24.3 Å². The van der Waals surface area contributed by atoms with Crippen LogP contribution >= 0.6 is 11.8 Å². The fraction of sp³-hybridized carbons (Fsp3) is 0.778. The van der Waals surface area contributed by atoms with Gasteiger partial charge in [0.15, 0.2) is 0 Å². The van der Waals surface area contributed by atoms with Crippen molar-refractivity contribution in [2.45, 2.75) is 105 Å². The van der Waals surface area contributed by atoms with Crippen LogP contribution in [-0.4, -0.2) is 47.2 Å². The van der Waals surface area contributed by atoms with Gasteiger partial charge in [-0.2, -0.15) is 0 Å². The van der Waals surface area contributed by atoms with E-state index in [0.29, 0.717) is 24.5 Å². The van der Waals surface area contributed by atoms with E-state index in [9.17, 15) is 19.8 Å². The Hall–Kier alpha value is -1.31. The Balaban J connectivity index is 2.84. The number of hydrogen-bond acceptors (Lipinski definition) is 7. The molecule has 0 saturated carbocycles. The van der Waals surface area contributed by atoms with Crippen LogP contribution in [0.15, 0.2) is 22.8 Å². The maximum absolute atomic E-state index is 12.5. The molecule has 6 nitrogen and oxygen atoms in total. The smallest absolute Gasteiger partial charge is 0.316 e.